The van der Waals surface area contributed by atoms with Crippen LogP contribution in [0.5, 0.6) is 0 Å². The van der Waals surface area contributed by atoms with Crippen molar-refractivity contribution >= 4 is 20.2 Å². The third-order valence-electron chi connectivity index (χ3n) is 1.83. The minimum absolute atomic E-state index is 0.178. The lowest BCUT2D eigenvalue weighted by Gasteiger charge is -2.17. The second-order valence-corrected chi connectivity index (χ2v) is 8.43. The van der Waals surface area contributed by atoms with Gasteiger partial charge in [0.05, 0.1) is 10.6 Å². The van der Waals surface area contributed by atoms with Crippen molar-refractivity contribution in [2.75, 3.05) is 5.75 Å². The fourth-order valence-corrected chi connectivity index (χ4v) is 4.47. The predicted molar refractivity (Wildman–Crippen MR) is 68.0 cm³/mol. The van der Waals surface area contributed by atoms with Crippen LogP contribution in [-0.2, 0) is 23.9 Å². The Kier molecular flexibility index (Phi) is 4.19. The van der Waals surface area contributed by atoms with Crippen molar-refractivity contribution in [1.29, 1.82) is 0 Å². The van der Waals surface area contributed by atoms with Crippen LogP contribution in [0.3, 0.4) is 0 Å². The van der Waals surface area contributed by atoms with Crippen molar-refractivity contribution in [3.8, 4) is 0 Å². The molecule has 0 N–H and O–H groups in total. The van der Waals surface area contributed by atoms with Crippen molar-refractivity contribution in [3.05, 3.63) is 30.3 Å². The summed E-state index contributed by atoms with van der Waals surface area (Å²) in [6, 6.07) is 7.17. The summed E-state index contributed by atoms with van der Waals surface area (Å²) in [6.07, 6.45) is 0. The Hall–Kier alpha value is -0.920. The van der Waals surface area contributed by atoms with Gasteiger partial charge in [-0.2, -0.15) is 16.8 Å². The van der Waals surface area contributed by atoms with Gasteiger partial charge in [0.2, 0.25) is 0 Å². The van der Waals surface area contributed by atoms with Crippen LogP contribution in [0.15, 0.2) is 35.2 Å². The zero-order valence-corrected chi connectivity index (χ0v) is 12.1. The van der Waals surface area contributed by atoms with E-state index in [2.05, 4.69) is 3.63 Å². The molecule has 0 bridgehead atoms. The molecule has 0 saturated carbocycles. The molecule has 1 aromatic carbocycles. The maximum absolute atomic E-state index is 11.7. The van der Waals surface area contributed by atoms with E-state index in [-0.39, 0.29) is 10.6 Å². The van der Waals surface area contributed by atoms with Crippen molar-refractivity contribution in [3.63, 3.8) is 0 Å². The highest BCUT2D eigenvalue weighted by Gasteiger charge is 2.29. The average Bonchev–Trinajstić information content (AvgIpc) is 2.13. The molecule has 0 aliphatic rings. The smallest absolute Gasteiger partial charge is 0.198 e. The van der Waals surface area contributed by atoms with E-state index in [0.29, 0.717) is 0 Å². The lowest BCUT2D eigenvalue weighted by molar-refractivity contribution is 0.420. The number of benzene rings is 1. The molecule has 18 heavy (non-hydrogen) atoms. The highest BCUT2D eigenvalue weighted by atomic mass is 32.3. The van der Waals surface area contributed by atoms with Gasteiger partial charge in [0, 0.05) is 0 Å². The molecule has 0 aliphatic heterocycles. The summed E-state index contributed by atoms with van der Waals surface area (Å²) >= 11 is 0. The molecule has 1 rings (SSSR count). The number of rotatable bonds is 4. The van der Waals surface area contributed by atoms with E-state index >= 15 is 0 Å². The van der Waals surface area contributed by atoms with Gasteiger partial charge in [-0.3, -0.25) is 0 Å². The SMILES string of the molecule is CC(C)(C)CS(=O)(=O)OS(=O)(=O)c1ccccc1. The van der Waals surface area contributed by atoms with Gasteiger partial charge in [-0.05, 0) is 17.5 Å². The number of hydrogen-bond donors (Lipinski definition) is 0. The molecule has 0 saturated heterocycles. The molecule has 0 radical (unpaired) electrons. The van der Waals surface area contributed by atoms with Crippen LogP contribution in [0.2, 0.25) is 0 Å². The van der Waals surface area contributed by atoms with Crippen molar-refractivity contribution in [2.45, 2.75) is 25.7 Å². The molecule has 102 valence electrons. The first kappa shape index (κ1) is 15.1. The molecular formula is C11H16O5S2. The Bertz CT molecular complexity index is 595. The molecule has 5 nitrogen and oxygen atoms in total. The van der Waals surface area contributed by atoms with Crippen LogP contribution in [0.4, 0.5) is 0 Å². The van der Waals surface area contributed by atoms with Crippen LogP contribution < -0.4 is 0 Å². The Balaban J connectivity index is 2.98. The fraction of sp³-hybridized carbons (Fsp3) is 0.455. The molecule has 0 amide bonds. The molecule has 0 unspecified atom stereocenters. The van der Waals surface area contributed by atoms with Gasteiger partial charge in [0.1, 0.15) is 0 Å². The molecule has 0 aliphatic carbocycles. The Labute approximate surface area is 108 Å². The minimum Gasteiger partial charge on any atom is -0.198 e. The monoisotopic (exact) mass is 292 g/mol. The molecule has 1 aromatic rings. The Morgan fingerprint density at radius 1 is 1.00 bits per heavy atom. The quantitative estimate of drug-likeness (QED) is 0.845. The third kappa shape index (κ3) is 4.75. The van der Waals surface area contributed by atoms with Crippen LogP contribution >= 0.6 is 0 Å². The van der Waals surface area contributed by atoms with Gasteiger partial charge in [-0.25, -0.2) is 0 Å². The van der Waals surface area contributed by atoms with Gasteiger partial charge in [0.15, 0.2) is 0 Å². The molecular weight excluding hydrogens is 276 g/mol. The van der Waals surface area contributed by atoms with Crippen LogP contribution in [-0.4, -0.2) is 22.6 Å². The van der Waals surface area contributed by atoms with E-state index in [0.717, 1.165) is 0 Å². The summed E-state index contributed by atoms with van der Waals surface area (Å²) < 4.78 is 51.1. The lowest BCUT2D eigenvalue weighted by atomic mass is 10.0. The first-order valence-corrected chi connectivity index (χ1v) is 8.24. The van der Waals surface area contributed by atoms with Crippen LogP contribution in [0.1, 0.15) is 20.8 Å². The van der Waals surface area contributed by atoms with Gasteiger partial charge in [-0.15, -0.1) is 3.63 Å². The molecule has 0 spiro atoms. The predicted octanol–water partition coefficient (Wildman–Crippen LogP) is 1.77. The van der Waals surface area contributed by atoms with Crippen molar-refractivity contribution < 1.29 is 20.5 Å². The van der Waals surface area contributed by atoms with Gasteiger partial charge < -0.3 is 0 Å². The maximum atomic E-state index is 11.7. The van der Waals surface area contributed by atoms with E-state index in [1.165, 1.54) is 24.3 Å². The second kappa shape index (κ2) is 4.99. The summed E-state index contributed by atoms with van der Waals surface area (Å²) in [5, 5.41) is 0. The highest BCUT2D eigenvalue weighted by Crippen LogP contribution is 2.21. The standard InChI is InChI=1S/C11H16O5S2/c1-11(2,3)9-17(12,13)16-18(14,15)10-7-5-4-6-8-10/h4-8H,9H2,1-3H3. The van der Waals surface area contributed by atoms with Gasteiger partial charge in [-0.1, -0.05) is 39.0 Å². The summed E-state index contributed by atoms with van der Waals surface area (Å²) in [4.78, 5) is -0.178. The summed E-state index contributed by atoms with van der Waals surface area (Å²) in [7, 11) is -8.41. The van der Waals surface area contributed by atoms with E-state index < -0.39 is 25.7 Å². The maximum Gasteiger partial charge on any atom is 0.311 e. The third-order valence-corrected chi connectivity index (χ3v) is 5.45. The van der Waals surface area contributed by atoms with Gasteiger partial charge >= 0.3 is 10.1 Å². The van der Waals surface area contributed by atoms with Crippen molar-refractivity contribution in [2.24, 2.45) is 5.41 Å². The Morgan fingerprint density at radius 2 is 1.50 bits per heavy atom. The average molecular weight is 292 g/mol. The summed E-state index contributed by atoms with van der Waals surface area (Å²) in [6.45, 7) is 5.05. The van der Waals surface area contributed by atoms with E-state index in [1.54, 1.807) is 26.8 Å². The summed E-state index contributed by atoms with van der Waals surface area (Å²) in [5.74, 6) is -0.369. The topological polar surface area (TPSA) is 77.5 Å². The largest absolute Gasteiger partial charge is 0.311 e. The zero-order chi connectivity index (χ0) is 14.0. The molecule has 0 heterocycles. The second-order valence-electron chi connectivity index (χ2n) is 5.10. The van der Waals surface area contributed by atoms with E-state index in [1.807, 2.05) is 0 Å². The first-order valence-electron chi connectivity index (χ1n) is 5.26. The normalized spacial score (nSPS) is 13.5. The zero-order valence-electron chi connectivity index (χ0n) is 10.5. The lowest BCUT2D eigenvalue weighted by Crippen LogP contribution is -2.25. The van der Waals surface area contributed by atoms with Gasteiger partial charge in [0.25, 0.3) is 10.1 Å². The highest BCUT2D eigenvalue weighted by molar-refractivity contribution is 7.99. The molecule has 0 fully saturated rings. The van der Waals surface area contributed by atoms with E-state index in [4.69, 9.17) is 0 Å². The Morgan fingerprint density at radius 3 is 1.94 bits per heavy atom. The number of hydrogen-bond acceptors (Lipinski definition) is 5. The molecule has 7 heteroatoms. The van der Waals surface area contributed by atoms with Crippen LogP contribution in [0.25, 0.3) is 0 Å². The fourth-order valence-electron chi connectivity index (χ4n) is 1.32. The van der Waals surface area contributed by atoms with Crippen LogP contribution in [0, 0.1) is 5.41 Å². The minimum atomic E-state index is -4.28. The van der Waals surface area contributed by atoms with E-state index in [9.17, 15) is 16.8 Å². The molecule has 0 aromatic heterocycles. The van der Waals surface area contributed by atoms with Crippen molar-refractivity contribution in [1.82, 2.24) is 0 Å². The first-order chi connectivity index (χ1) is 8.02. The molecule has 0 atom stereocenters. The summed E-state index contributed by atoms with van der Waals surface area (Å²) in [5.41, 5.74) is -0.578.